The molecule has 2 amide bonds. The third-order valence-corrected chi connectivity index (χ3v) is 7.78. The summed E-state index contributed by atoms with van der Waals surface area (Å²) < 4.78 is 40.2. The zero-order valence-corrected chi connectivity index (χ0v) is 20.2. The van der Waals surface area contributed by atoms with E-state index in [1.54, 1.807) is 29.2 Å². The predicted molar refractivity (Wildman–Crippen MR) is 128 cm³/mol. The number of aromatic nitrogens is 3. The van der Waals surface area contributed by atoms with Gasteiger partial charge in [-0.15, -0.1) is 0 Å². The van der Waals surface area contributed by atoms with Crippen LogP contribution in [0.4, 0.5) is 4.39 Å². The second kappa shape index (κ2) is 9.70. The molecule has 0 saturated carbocycles. The van der Waals surface area contributed by atoms with Crippen molar-refractivity contribution >= 4 is 32.7 Å². The maximum atomic E-state index is 13.3. The van der Waals surface area contributed by atoms with Gasteiger partial charge in [-0.05, 0) is 49.4 Å². The summed E-state index contributed by atoms with van der Waals surface area (Å²) in [6, 6.07) is 4.57. The number of primary amides is 1. The van der Waals surface area contributed by atoms with Crippen molar-refractivity contribution in [2.45, 2.75) is 38.3 Å². The Morgan fingerprint density at radius 2 is 1.94 bits per heavy atom. The van der Waals surface area contributed by atoms with Crippen LogP contribution in [0.25, 0.3) is 16.6 Å². The first kappa shape index (κ1) is 24.7. The van der Waals surface area contributed by atoms with Crippen LogP contribution in [0.3, 0.4) is 0 Å². The third kappa shape index (κ3) is 5.03. The summed E-state index contributed by atoms with van der Waals surface area (Å²) in [6.45, 7) is 2.07. The average molecular weight is 503 g/mol. The van der Waals surface area contributed by atoms with Crippen LogP contribution in [-0.2, 0) is 14.8 Å². The Balaban J connectivity index is 1.56. The van der Waals surface area contributed by atoms with Crippen molar-refractivity contribution < 1.29 is 22.4 Å². The average Bonchev–Trinajstić information content (AvgIpc) is 3.26. The second-order valence-corrected chi connectivity index (χ2v) is 10.7. The number of piperidine rings is 1. The highest BCUT2D eigenvalue weighted by molar-refractivity contribution is 7.88. The minimum atomic E-state index is -3.58. The Morgan fingerprint density at radius 3 is 2.57 bits per heavy atom. The largest absolute Gasteiger partial charge is 0.368 e. The Labute approximate surface area is 202 Å². The standard InChI is InChI=1S/C23H27FN6O4S/c1-3-19(14-8-9-29(35(2,33)34)20(10-14)22(25)31)28-23(32)18-11-26-13-21-17(18)12-27-30(21)16-6-4-15(24)5-7-16/h4-7,11-14,19-20H,3,8-10H2,1-2H3,(H2,25,31)(H,28,32)/t14-,19+,20+/m1/s1. The summed E-state index contributed by atoms with van der Waals surface area (Å²) in [5.74, 6) is -1.55. The molecule has 1 fully saturated rings. The van der Waals surface area contributed by atoms with Gasteiger partial charge in [0.15, 0.2) is 0 Å². The number of carbonyl (C=O) groups is 2. The highest BCUT2D eigenvalue weighted by atomic mass is 32.2. The molecule has 0 radical (unpaired) electrons. The molecule has 3 N–H and O–H groups in total. The Kier molecular flexibility index (Phi) is 6.86. The van der Waals surface area contributed by atoms with E-state index in [0.29, 0.717) is 35.0 Å². The Hall–Kier alpha value is -3.38. The fraction of sp³-hybridized carbons (Fsp3) is 0.391. The molecule has 4 rings (SSSR count). The van der Waals surface area contributed by atoms with Crippen molar-refractivity contribution in [1.29, 1.82) is 0 Å². The van der Waals surface area contributed by atoms with E-state index in [1.807, 2.05) is 6.92 Å². The molecule has 3 atom stereocenters. The number of carbonyl (C=O) groups excluding carboxylic acids is 2. The molecule has 2 aromatic heterocycles. The first-order valence-corrected chi connectivity index (χ1v) is 13.1. The van der Waals surface area contributed by atoms with Crippen LogP contribution < -0.4 is 11.1 Å². The lowest BCUT2D eigenvalue weighted by Gasteiger charge is -2.39. The number of hydrogen-bond donors (Lipinski definition) is 2. The monoisotopic (exact) mass is 502 g/mol. The number of nitrogens with two attached hydrogens (primary N) is 1. The Morgan fingerprint density at radius 1 is 1.23 bits per heavy atom. The van der Waals surface area contributed by atoms with Gasteiger partial charge in [-0.2, -0.15) is 9.40 Å². The summed E-state index contributed by atoms with van der Waals surface area (Å²) in [6.07, 6.45) is 6.95. The molecule has 0 unspecified atom stereocenters. The number of nitrogens with one attached hydrogen (secondary N) is 1. The summed E-state index contributed by atoms with van der Waals surface area (Å²) in [5.41, 5.74) is 7.05. The van der Waals surface area contributed by atoms with Crippen LogP contribution in [-0.4, -0.2) is 64.2 Å². The zero-order valence-electron chi connectivity index (χ0n) is 19.4. The number of rotatable bonds is 7. The molecule has 0 bridgehead atoms. The molecule has 35 heavy (non-hydrogen) atoms. The highest BCUT2D eigenvalue weighted by Gasteiger charge is 2.39. The molecule has 0 spiro atoms. The van der Waals surface area contributed by atoms with E-state index < -0.39 is 22.0 Å². The van der Waals surface area contributed by atoms with E-state index in [9.17, 15) is 22.4 Å². The SMILES string of the molecule is CC[C@H](NC(=O)c1cncc2c1cnn2-c1ccc(F)cc1)[C@@H]1CCN(S(C)(=O)=O)[C@H](C(N)=O)C1. The van der Waals surface area contributed by atoms with Crippen molar-refractivity contribution in [3.05, 3.63) is 54.2 Å². The third-order valence-electron chi connectivity index (χ3n) is 6.49. The summed E-state index contributed by atoms with van der Waals surface area (Å²) >= 11 is 0. The van der Waals surface area contributed by atoms with Gasteiger partial charge in [0.25, 0.3) is 5.91 Å². The van der Waals surface area contributed by atoms with E-state index in [-0.39, 0.29) is 36.6 Å². The molecule has 1 aliphatic heterocycles. The highest BCUT2D eigenvalue weighted by Crippen LogP contribution is 2.29. The summed E-state index contributed by atoms with van der Waals surface area (Å²) in [5, 5.41) is 7.96. The molecule has 0 aliphatic carbocycles. The minimum Gasteiger partial charge on any atom is -0.368 e. The van der Waals surface area contributed by atoms with Gasteiger partial charge in [0, 0.05) is 24.2 Å². The van der Waals surface area contributed by atoms with Crippen LogP contribution in [0.1, 0.15) is 36.5 Å². The summed E-state index contributed by atoms with van der Waals surface area (Å²) in [7, 11) is -3.58. The van der Waals surface area contributed by atoms with Crippen molar-refractivity contribution in [2.24, 2.45) is 11.7 Å². The topological polar surface area (TPSA) is 140 Å². The van der Waals surface area contributed by atoms with Crippen molar-refractivity contribution in [2.75, 3.05) is 12.8 Å². The lowest BCUT2D eigenvalue weighted by atomic mass is 9.84. The summed E-state index contributed by atoms with van der Waals surface area (Å²) in [4.78, 5) is 29.4. The first-order chi connectivity index (χ1) is 16.6. The van der Waals surface area contributed by atoms with E-state index in [2.05, 4.69) is 15.4 Å². The lowest BCUT2D eigenvalue weighted by Crippen LogP contribution is -2.55. The van der Waals surface area contributed by atoms with Gasteiger partial charge in [-0.25, -0.2) is 17.5 Å². The number of benzene rings is 1. The van der Waals surface area contributed by atoms with Crippen molar-refractivity contribution in [3.8, 4) is 5.69 Å². The Bertz CT molecular complexity index is 1360. The van der Waals surface area contributed by atoms with Gasteiger partial charge < -0.3 is 11.1 Å². The maximum absolute atomic E-state index is 13.3. The molecule has 12 heteroatoms. The quantitative estimate of drug-likeness (QED) is 0.503. The number of fused-ring (bicyclic) bond motifs is 1. The molecular weight excluding hydrogens is 475 g/mol. The maximum Gasteiger partial charge on any atom is 0.253 e. The van der Waals surface area contributed by atoms with Gasteiger partial charge >= 0.3 is 0 Å². The van der Waals surface area contributed by atoms with Crippen LogP contribution in [0.2, 0.25) is 0 Å². The number of hydrogen-bond acceptors (Lipinski definition) is 6. The normalized spacial score (nSPS) is 20.0. The van der Waals surface area contributed by atoms with Crippen LogP contribution in [0.5, 0.6) is 0 Å². The number of halogens is 1. The second-order valence-electron chi connectivity index (χ2n) is 8.72. The van der Waals surface area contributed by atoms with Gasteiger partial charge in [0.05, 0.1) is 35.4 Å². The van der Waals surface area contributed by atoms with E-state index in [0.717, 1.165) is 10.6 Å². The molecular formula is C23H27FN6O4S. The molecule has 3 heterocycles. The van der Waals surface area contributed by atoms with Gasteiger partial charge in [0.1, 0.15) is 11.9 Å². The van der Waals surface area contributed by atoms with Crippen LogP contribution in [0, 0.1) is 11.7 Å². The number of pyridine rings is 1. The van der Waals surface area contributed by atoms with E-state index in [1.165, 1.54) is 18.3 Å². The first-order valence-electron chi connectivity index (χ1n) is 11.2. The number of sulfonamides is 1. The fourth-order valence-corrected chi connectivity index (χ4v) is 5.79. The van der Waals surface area contributed by atoms with Gasteiger partial charge in [-0.1, -0.05) is 6.92 Å². The van der Waals surface area contributed by atoms with E-state index in [4.69, 9.17) is 5.73 Å². The van der Waals surface area contributed by atoms with E-state index >= 15 is 0 Å². The number of nitrogens with zero attached hydrogens (tertiary/aromatic N) is 4. The lowest BCUT2D eigenvalue weighted by molar-refractivity contribution is -0.123. The molecule has 3 aromatic rings. The van der Waals surface area contributed by atoms with Crippen molar-refractivity contribution in [1.82, 2.24) is 24.4 Å². The molecule has 1 aromatic carbocycles. The zero-order chi connectivity index (χ0) is 25.3. The van der Waals surface area contributed by atoms with Crippen molar-refractivity contribution in [3.63, 3.8) is 0 Å². The molecule has 186 valence electrons. The predicted octanol–water partition coefficient (Wildman–Crippen LogP) is 1.59. The fourth-order valence-electron chi connectivity index (χ4n) is 4.70. The van der Waals surface area contributed by atoms with Gasteiger partial charge in [0.2, 0.25) is 15.9 Å². The minimum absolute atomic E-state index is 0.131. The van der Waals surface area contributed by atoms with Crippen LogP contribution in [0.15, 0.2) is 42.9 Å². The molecule has 1 aliphatic rings. The molecule has 1 saturated heterocycles. The van der Waals surface area contributed by atoms with Crippen LogP contribution >= 0.6 is 0 Å². The van der Waals surface area contributed by atoms with Gasteiger partial charge in [-0.3, -0.25) is 14.6 Å². The smallest absolute Gasteiger partial charge is 0.253 e. The number of amides is 2. The molecule has 10 nitrogen and oxygen atoms in total.